The number of hydrogen-bond donors (Lipinski definition) is 0. The van der Waals surface area contributed by atoms with Gasteiger partial charge in [0.25, 0.3) is 0 Å². The van der Waals surface area contributed by atoms with E-state index in [4.69, 9.17) is 38.5 Å². The van der Waals surface area contributed by atoms with E-state index in [2.05, 4.69) is 38.1 Å². The molecule has 268 valence electrons. The van der Waals surface area contributed by atoms with Crippen molar-refractivity contribution in [3.63, 3.8) is 0 Å². The Kier molecular flexibility index (Phi) is 7.67. The van der Waals surface area contributed by atoms with Crippen LogP contribution in [-0.4, -0.2) is 47.3 Å². The lowest BCUT2D eigenvalue weighted by Crippen LogP contribution is -2.74. The minimum Gasteiger partial charge on any atom is -0.432 e. The number of benzene rings is 1. The molecule has 8 saturated heterocycles. The second kappa shape index (κ2) is 11.5. The first-order valence-corrected chi connectivity index (χ1v) is 19.1. The number of ether oxygens (including phenoxy) is 4. The monoisotopic (exact) mass is 680 g/mol. The summed E-state index contributed by atoms with van der Waals surface area (Å²) in [5.41, 5.74) is -1.63. The molecule has 10 fully saturated rings. The SMILES string of the molecule is C[C@@H]1CC[C@H]2C(CCCCc3ccccc3)(CC3C(=O)O[C@@H]4O[C@@]5(C)CC[C@H]6[C@H](C)CC[C@@H]3[C@@]46OO5)C(=O)O[C@@H]3O[C@@]4(C)CC[C@@H]1[C@]32OO4. The fourth-order valence-corrected chi connectivity index (χ4v) is 12.0. The maximum absolute atomic E-state index is 14.9. The molecule has 8 aliphatic heterocycles. The Morgan fingerprint density at radius 1 is 0.694 bits per heavy atom. The predicted octanol–water partition coefficient (Wildman–Crippen LogP) is 6.94. The molecule has 1 aromatic rings. The summed E-state index contributed by atoms with van der Waals surface area (Å²) >= 11 is 0. The van der Waals surface area contributed by atoms with E-state index in [1.165, 1.54) is 5.56 Å². The maximum Gasteiger partial charge on any atom is 0.314 e. The summed E-state index contributed by atoms with van der Waals surface area (Å²) < 4.78 is 25.7. The van der Waals surface area contributed by atoms with Crippen molar-refractivity contribution in [2.45, 2.75) is 147 Å². The minimum atomic E-state index is -1.02. The number of rotatable bonds is 7. The molecule has 2 saturated carbocycles. The number of carbonyl (C=O) groups is 2. The Bertz CT molecular complexity index is 1470. The van der Waals surface area contributed by atoms with Gasteiger partial charge in [-0.3, -0.25) is 9.59 Å². The lowest BCUT2D eigenvalue weighted by Gasteiger charge is -2.63. The van der Waals surface area contributed by atoms with Crippen molar-refractivity contribution in [1.29, 1.82) is 0 Å². The van der Waals surface area contributed by atoms with Gasteiger partial charge in [-0.25, -0.2) is 19.6 Å². The Labute approximate surface area is 289 Å². The fourth-order valence-electron chi connectivity index (χ4n) is 12.0. The molecule has 1 aromatic carbocycles. The average molecular weight is 681 g/mol. The average Bonchev–Trinajstić information content (AvgIpc) is 3.46. The lowest BCUT2D eigenvalue weighted by molar-refractivity contribution is -0.564. The van der Waals surface area contributed by atoms with Crippen molar-refractivity contribution in [3.8, 4) is 0 Å². The summed E-state index contributed by atoms with van der Waals surface area (Å²) in [6, 6.07) is 10.5. The third kappa shape index (κ3) is 4.72. The minimum absolute atomic E-state index is 0.0848. The van der Waals surface area contributed by atoms with Gasteiger partial charge in [-0.2, -0.15) is 0 Å². The fraction of sp³-hybridized carbons (Fsp3) is 0.795. The van der Waals surface area contributed by atoms with Gasteiger partial charge in [-0.1, -0.05) is 50.6 Å². The molecule has 2 spiro atoms. The van der Waals surface area contributed by atoms with E-state index in [-0.39, 0.29) is 42.0 Å². The summed E-state index contributed by atoms with van der Waals surface area (Å²) in [7, 11) is 0. The quantitative estimate of drug-likeness (QED) is 0.171. The molecule has 14 atom stereocenters. The molecule has 10 nitrogen and oxygen atoms in total. The zero-order chi connectivity index (χ0) is 33.8. The predicted molar refractivity (Wildman–Crippen MR) is 172 cm³/mol. The standard InChI is InChI=1S/C39H52O10/c1-23-13-15-29-26(31(40)42-33-38(29)27(23)17-20-35(3,44-33)46-48-38)22-37(19-9-8-12-25-10-6-5-7-11-25)30-16-14-24(2)28-18-21-36(4)45-34(43-32(37)41)39(28,30)49-47-36/h5-7,10-11,23-24,26-30,33-34H,8-9,12-22H2,1-4H3/t23-,24-,26?,27+,28+,29+,30+,33-,34-,35-,36-,37?,38-,39-/m1/s1. The van der Waals surface area contributed by atoms with Gasteiger partial charge in [0.1, 0.15) is 0 Å². The van der Waals surface area contributed by atoms with Gasteiger partial charge in [-0.15, -0.1) is 0 Å². The van der Waals surface area contributed by atoms with Crippen molar-refractivity contribution in [2.24, 2.45) is 46.8 Å². The Balaban J connectivity index is 1.11. The first kappa shape index (κ1) is 32.8. The summed E-state index contributed by atoms with van der Waals surface area (Å²) in [5.74, 6) is -2.78. The van der Waals surface area contributed by atoms with Crippen LogP contribution in [0.2, 0.25) is 0 Å². The van der Waals surface area contributed by atoms with Crippen LogP contribution in [0.15, 0.2) is 30.3 Å². The van der Waals surface area contributed by atoms with Crippen molar-refractivity contribution < 1.29 is 48.1 Å². The highest BCUT2D eigenvalue weighted by molar-refractivity contribution is 5.81. The summed E-state index contributed by atoms with van der Waals surface area (Å²) in [6.07, 6.45) is 8.22. The lowest BCUT2D eigenvalue weighted by atomic mass is 9.49. The molecular formula is C39H52O10. The molecule has 0 N–H and O–H groups in total. The first-order valence-electron chi connectivity index (χ1n) is 19.1. The van der Waals surface area contributed by atoms with Crippen LogP contribution in [0.1, 0.15) is 110 Å². The highest BCUT2D eigenvalue weighted by Crippen LogP contribution is 2.67. The van der Waals surface area contributed by atoms with E-state index in [9.17, 15) is 9.59 Å². The summed E-state index contributed by atoms with van der Waals surface area (Å²) in [5, 5.41) is 0. The van der Waals surface area contributed by atoms with E-state index in [0.29, 0.717) is 31.1 Å². The van der Waals surface area contributed by atoms with Gasteiger partial charge in [0.2, 0.25) is 24.2 Å². The van der Waals surface area contributed by atoms with Gasteiger partial charge in [-0.05, 0) is 95.5 Å². The van der Waals surface area contributed by atoms with Crippen molar-refractivity contribution in [3.05, 3.63) is 35.9 Å². The Morgan fingerprint density at radius 3 is 2.04 bits per heavy atom. The molecule has 10 heteroatoms. The topological polar surface area (TPSA) is 108 Å². The zero-order valence-electron chi connectivity index (χ0n) is 29.4. The molecule has 10 aliphatic rings. The normalized spacial score (nSPS) is 51.1. The van der Waals surface area contributed by atoms with Crippen LogP contribution >= 0.6 is 0 Å². The number of hydrogen-bond acceptors (Lipinski definition) is 10. The number of unbranched alkanes of at least 4 members (excludes halogenated alkanes) is 1. The molecule has 49 heavy (non-hydrogen) atoms. The Morgan fingerprint density at radius 2 is 1.33 bits per heavy atom. The Hall–Kier alpha value is -2.08. The third-order valence-corrected chi connectivity index (χ3v) is 14.6. The van der Waals surface area contributed by atoms with Crippen LogP contribution in [0.25, 0.3) is 0 Å². The van der Waals surface area contributed by atoms with Crippen LogP contribution in [0.5, 0.6) is 0 Å². The van der Waals surface area contributed by atoms with E-state index >= 15 is 0 Å². The highest BCUT2D eigenvalue weighted by Gasteiger charge is 2.76. The van der Waals surface area contributed by atoms with Crippen LogP contribution in [0.4, 0.5) is 0 Å². The van der Waals surface area contributed by atoms with Crippen molar-refractivity contribution in [2.75, 3.05) is 0 Å². The smallest absolute Gasteiger partial charge is 0.314 e. The number of esters is 2. The largest absolute Gasteiger partial charge is 0.432 e. The molecule has 2 aliphatic carbocycles. The summed E-state index contributed by atoms with van der Waals surface area (Å²) in [6.45, 7) is 8.27. The van der Waals surface area contributed by atoms with E-state index in [1.54, 1.807) is 0 Å². The number of fused-ring (bicyclic) bond motifs is 4. The molecule has 0 aromatic heterocycles. The van der Waals surface area contributed by atoms with Crippen LogP contribution < -0.4 is 0 Å². The number of carbonyl (C=O) groups excluding carboxylic acids is 2. The highest BCUT2D eigenvalue weighted by atomic mass is 17.3. The molecule has 0 radical (unpaired) electrons. The van der Waals surface area contributed by atoms with Gasteiger partial charge in [0.15, 0.2) is 11.2 Å². The van der Waals surface area contributed by atoms with Gasteiger partial charge in [0.05, 0.1) is 11.3 Å². The molecule has 8 heterocycles. The maximum atomic E-state index is 14.9. The second-order valence-electron chi connectivity index (χ2n) is 17.3. The van der Waals surface area contributed by atoms with Crippen molar-refractivity contribution >= 4 is 11.9 Å². The molecule has 11 rings (SSSR count). The van der Waals surface area contributed by atoms with Crippen LogP contribution in [-0.2, 0) is 54.5 Å². The third-order valence-electron chi connectivity index (χ3n) is 14.6. The van der Waals surface area contributed by atoms with Crippen LogP contribution in [0.3, 0.4) is 0 Å². The first-order chi connectivity index (χ1) is 23.5. The van der Waals surface area contributed by atoms with Gasteiger partial charge in [0, 0.05) is 36.5 Å². The molecule has 4 bridgehead atoms. The van der Waals surface area contributed by atoms with Gasteiger partial charge >= 0.3 is 11.9 Å². The molecule has 0 amide bonds. The molecular weight excluding hydrogens is 628 g/mol. The molecule has 2 unspecified atom stereocenters. The van der Waals surface area contributed by atoms with E-state index in [1.807, 2.05) is 19.9 Å². The number of aryl methyl sites for hydroxylation is 1. The zero-order valence-corrected chi connectivity index (χ0v) is 29.4. The second-order valence-corrected chi connectivity index (χ2v) is 17.3. The summed E-state index contributed by atoms with van der Waals surface area (Å²) in [4.78, 5) is 54.5. The van der Waals surface area contributed by atoms with Crippen LogP contribution in [0, 0.1) is 46.8 Å². The van der Waals surface area contributed by atoms with E-state index < -0.39 is 46.7 Å². The van der Waals surface area contributed by atoms with Crippen molar-refractivity contribution in [1.82, 2.24) is 0 Å². The van der Waals surface area contributed by atoms with E-state index in [0.717, 1.165) is 57.8 Å². The van der Waals surface area contributed by atoms with Gasteiger partial charge < -0.3 is 18.9 Å².